The summed E-state index contributed by atoms with van der Waals surface area (Å²) in [6.45, 7) is 14.5. The molecule has 0 heterocycles. The van der Waals surface area contributed by atoms with Crippen LogP contribution in [-0.4, -0.2) is 40.5 Å². The molecular weight excluding hydrogens is 478 g/mol. The normalized spacial score (nSPS) is 12.5. The molecule has 0 aliphatic heterocycles. The zero-order valence-corrected chi connectivity index (χ0v) is 23.6. The van der Waals surface area contributed by atoms with Gasteiger partial charge in [-0.3, -0.25) is 9.59 Å². The van der Waals surface area contributed by atoms with Crippen molar-refractivity contribution in [2.24, 2.45) is 0 Å². The average Bonchev–Trinajstić information content (AvgIpc) is 2.80. The molecule has 0 aliphatic rings. The highest BCUT2D eigenvalue weighted by molar-refractivity contribution is 6.00. The first kappa shape index (κ1) is 28.7. The van der Waals surface area contributed by atoms with Gasteiger partial charge >= 0.3 is 6.09 Å². The van der Waals surface area contributed by atoms with E-state index in [1.807, 2.05) is 95.3 Å². The molecule has 2 N–H and O–H groups in total. The summed E-state index contributed by atoms with van der Waals surface area (Å²) in [4.78, 5) is 41.5. The van der Waals surface area contributed by atoms with Crippen molar-refractivity contribution in [1.29, 1.82) is 0 Å². The smallest absolute Gasteiger partial charge is 0.408 e. The fraction of sp³-hybridized carbons (Fsp3) is 0.387. The minimum Gasteiger partial charge on any atom is -0.444 e. The lowest BCUT2D eigenvalue weighted by atomic mass is 9.92. The van der Waals surface area contributed by atoms with Crippen molar-refractivity contribution in [1.82, 2.24) is 10.2 Å². The van der Waals surface area contributed by atoms with Crippen LogP contribution in [0.5, 0.6) is 0 Å². The molecule has 3 rings (SSSR count). The third-order valence-corrected chi connectivity index (χ3v) is 6.03. The van der Waals surface area contributed by atoms with E-state index < -0.39 is 29.2 Å². The lowest BCUT2D eigenvalue weighted by Crippen LogP contribution is -2.54. The molecule has 3 aromatic rings. The maximum Gasteiger partial charge on any atom is 0.408 e. The van der Waals surface area contributed by atoms with Gasteiger partial charge < -0.3 is 20.3 Å². The molecule has 3 aromatic carbocycles. The van der Waals surface area contributed by atoms with Gasteiger partial charge in [0.1, 0.15) is 18.2 Å². The first-order valence-corrected chi connectivity index (χ1v) is 12.8. The van der Waals surface area contributed by atoms with Gasteiger partial charge in [0.2, 0.25) is 5.91 Å². The van der Waals surface area contributed by atoms with Crippen LogP contribution in [0.2, 0.25) is 0 Å². The molecule has 1 atom stereocenters. The number of nitrogens with one attached hydrogen (secondary N) is 2. The molecule has 1 unspecified atom stereocenters. The van der Waals surface area contributed by atoms with Crippen LogP contribution in [0.3, 0.4) is 0 Å². The highest BCUT2D eigenvalue weighted by Crippen LogP contribution is 2.33. The standard InChI is InChI=1S/C31H39N3O4/c1-20-13-14-21(2)25(17-20)27(28(36)33-24-16-15-22-11-9-10-12-23(22)18-24)34(30(3,4)5)26(35)19-32-29(37)38-31(6,7)8/h9-18,27H,19H2,1-8H3,(H,32,37)(H,33,36). The number of fused-ring (bicyclic) bond motifs is 1. The van der Waals surface area contributed by atoms with E-state index in [2.05, 4.69) is 10.6 Å². The molecule has 0 bridgehead atoms. The second-order valence-electron chi connectivity index (χ2n) is 11.6. The summed E-state index contributed by atoms with van der Waals surface area (Å²) in [7, 11) is 0. The fourth-order valence-electron chi connectivity index (χ4n) is 4.38. The van der Waals surface area contributed by atoms with Crippen LogP contribution < -0.4 is 10.6 Å². The van der Waals surface area contributed by atoms with Crippen molar-refractivity contribution in [2.75, 3.05) is 11.9 Å². The molecule has 0 saturated heterocycles. The van der Waals surface area contributed by atoms with Gasteiger partial charge in [-0.15, -0.1) is 0 Å². The van der Waals surface area contributed by atoms with Gasteiger partial charge in [-0.25, -0.2) is 4.79 Å². The van der Waals surface area contributed by atoms with E-state index in [-0.39, 0.29) is 12.5 Å². The Balaban J connectivity index is 2.00. The van der Waals surface area contributed by atoms with Crippen LogP contribution in [-0.2, 0) is 14.3 Å². The van der Waals surface area contributed by atoms with Gasteiger partial charge in [-0.1, -0.05) is 54.1 Å². The van der Waals surface area contributed by atoms with Crippen LogP contribution in [0.25, 0.3) is 10.8 Å². The second kappa shape index (κ2) is 11.3. The highest BCUT2D eigenvalue weighted by atomic mass is 16.6. The van der Waals surface area contributed by atoms with Crippen LogP contribution in [0, 0.1) is 13.8 Å². The molecule has 202 valence electrons. The van der Waals surface area contributed by atoms with Gasteiger partial charge in [-0.2, -0.15) is 0 Å². The number of carbonyl (C=O) groups excluding carboxylic acids is 3. The number of anilines is 1. The Kier molecular flexibility index (Phi) is 8.50. The summed E-state index contributed by atoms with van der Waals surface area (Å²) in [5.41, 5.74) is 1.78. The zero-order valence-electron chi connectivity index (χ0n) is 23.6. The molecule has 0 fully saturated rings. The fourth-order valence-corrected chi connectivity index (χ4v) is 4.38. The number of hydrogen-bond acceptors (Lipinski definition) is 4. The number of carbonyl (C=O) groups is 3. The molecule has 3 amide bonds. The molecule has 0 radical (unpaired) electrons. The van der Waals surface area contributed by atoms with Gasteiger partial charge in [0.25, 0.3) is 5.91 Å². The third-order valence-electron chi connectivity index (χ3n) is 6.03. The number of rotatable bonds is 6. The summed E-state index contributed by atoms with van der Waals surface area (Å²) in [6.07, 6.45) is -0.691. The summed E-state index contributed by atoms with van der Waals surface area (Å²) < 4.78 is 5.29. The van der Waals surface area contributed by atoms with Crippen molar-refractivity contribution >= 4 is 34.4 Å². The zero-order chi connectivity index (χ0) is 28.3. The Morgan fingerprint density at radius 3 is 2.16 bits per heavy atom. The monoisotopic (exact) mass is 517 g/mol. The molecule has 0 saturated carbocycles. The predicted octanol–water partition coefficient (Wildman–Crippen LogP) is 6.29. The highest BCUT2D eigenvalue weighted by Gasteiger charge is 2.39. The largest absolute Gasteiger partial charge is 0.444 e. The summed E-state index contributed by atoms with van der Waals surface area (Å²) in [5, 5.41) is 7.65. The summed E-state index contributed by atoms with van der Waals surface area (Å²) in [6, 6.07) is 18.6. The second-order valence-corrected chi connectivity index (χ2v) is 11.6. The van der Waals surface area contributed by atoms with Crippen molar-refractivity contribution in [3.63, 3.8) is 0 Å². The Bertz CT molecular complexity index is 1330. The van der Waals surface area contributed by atoms with Gasteiger partial charge in [0.05, 0.1) is 0 Å². The molecule has 0 spiro atoms. The average molecular weight is 518 g/mol. The Labute approximate surface area is 225 Å². The summed E-state index contributed by atoms with van der Waals surface area (Å²) >= 11 is 0. The topological polar surface area (TPSA) is 87.7 Å². The van der Waals surface area contributed by atoms with Crippen molar-refractivity contribution in [3.05, 3.63) is 77.4 Å². The SMILES string of the molecule is Cc1ccc(C)c(C(C(=O)Nc2ccc3ccccc3c2)N(C(=O)CNC(=O)OC(C)(C)C)C(C)(C)C)c1. The maximum atomic E-state index is 14.0. The molecule has 0 aliphatic carbocycles. The van der Waals surface area contributed by atoms with Gasteiger partial charge in [-0.05, 0) is 89.4 Å². The Hall–Kier alpha value is -3.87. The van der Waals surface area contributed by atoms with Crippen LogP contribution in [0.1, 0.15) is 64.3 Å². The lowest BCUT2D eigenvalue weighted by molar-refractivity contribution is -0.144. The van der Waals surface area contributed by atoms with E-state index in [9.17, 15) is 14.4 Å². The van der Waals surface area contributed by atoms with Crippen LogP contribution in [0.15, 0.2) is 60.7 Å². The van der Waals surface area contributed by atoms with Crippen LogP contribution >= 0.6 is 0 Å². The van der Waals surface area contributed by atoms with Crippen molar-refractivity contribution in [3.8, 4) is 0 Å². The summed E-state index contributed by atoms with van der Waals surface area (Å²) in [5.74, 6) is -0.738. The van der Waals surface area contributed by atoms with E-state index >= 15 is 0 Å². The third kappa shape index (κ3) is 7.34. The number of aryl methyl sites for hydroxylation is 2. The first-order chi connectivity index (χ1) is 17.7. The number of nitrogens with zero attached hydrogens (tertiary/aromatic N) is 1. The van der Waals surface area contributed by atoms with Crippen LogP contribution in [0.4, 0.5) is 10.5 Å². The van der Waals surface area contributed by atoms with Crippen molar-refractivity contribution in [2.45, 2.75) is 72.6 Å². The quantitative estimate of drug-likeness (QED) is 0.402. The Morgan fingerprint density at radius 2 is 1.53 bits per heavy atom. The number of hydrogen-bond donors (Lipinski definition) is 2. The van der Waals surface area contributed by atoms with Crippen molar-refractivity contribution < 1.29 is 19.1 Å². The minimum absolute atomic E-state index is 0.309. The number of amides is 3. The number of alkyl carbamates (subject to hydrolysis) is 1. The maximum absolute atomic E-state index is 14.0. The lowest BCUT2D eigenvalue weighted by Gasteiger charge is -2.42. The van der Waals surface area contributed by atoms with E-state index in [4.69, 9.17) is 4.74 Å². The molecule has 7 heteroatoms. The van der Waals surface area contributed by atoms with E-state index in [1.165, 1.54) is 0 Å². The van der Waals surface area contributed by atoms with E-state index in [1.54, 1.807) is 25.7 Å². The molecule has 7 nitrogen and oxygen atoms in total. The molecule has 38 heavy (non-hydrogen) atoms. The van der Waals surface area contributed by atoms with E-state index in [0.717, 1.165) is 27.5 Å². The molecular formula is C31H39N3O4. The molecule has 0 aromatic heterocycles. The Morgan fingerprint density at radius 1 is 0.868 bits per heavy atom. The minimum atomic E-state index is -0.936. The number of benzene rings is 3. The number of ether oxygens (including phenoxy) is 1. The predicted molar refractivity (Wildman–Crippen MR) is 152 cm³/mol. The van der Waals surface area contributed by atoms with Gasteiger partial charge in [0, 0.05) is 11.2 Å². The van der Waals surface area contributed by atoms with E-state index in [0.29, 0.717) is 5.69 Å². The first-order valence-electron chi connectivity index (χ1n) is 12.8. The van der Waals surface area contributed by atoms with Gasteiger partial charge in [0.15, 0.2) is 0 Å².